The summed E-state index contributed by atoms with van der Waals surface area (Å²) in [6.07, 6.45) is 0.400. The van der Waals surface area contributed by atoms with Crippen molar-refractivity contribution in [3.8, 4) is 5.75 Å². The summed E-state index contributed by atoms with van der Waals surface area (Å²) in [7, 11) is 1.63. The van der Waals surface area contributed by atoms with E-state index in [1.54, 1.807) is 14.0 Å². The van der Waals surface area contributed by atoms with Crippen molar-refractivity contribution in [2.45, 2.75) is 18.7 Å². The zero-order chi connectivity index (χ0) is 20.8. The van der Waals surface area contributed by atoms with Crippen molar-refractivity contribution in [1.29, 1.82) is 0 Å². The van der Waals surface area contributed by atoms with Crippen LogP contribution in [0.1, 0.15) is 12.5 Å². The SMILES string of the molecule is COc1ccc(CC(=O)N2CCN(c3ccc(NC(=O)[C@H](C)Cl)cc3)CC2)cc1. The number of benzene rings is 2. The molecule has 1 fully saturated rings. The van der Waals surface area contributed by atoms with Crippen molar-refractivity contribution in [2.24, 2.45) is 0 Å². The number of hydrogen-bond acceptors (Lipinski definition) is 4. The molecule has 0 aliphatic carbocycles. The quantitative estimate of drug-likeness (QED) is 0.736. The molecular weight excluding hydrogens is 390 g/mol. The summed E-state index contributed by atoms with van der Waals surface area (Å²) in [5.41, 5.74) is 2.78. The largest absolute Gasteiger partial charge is 0.497 e. The average molecular weight is 416 g/mol. The van der Waals surface area contributed by atoms with Crippen LogP contribution in [-0.4, -0.2) is 55.4 Å². The van der Waals surface area contributed by atoms with Crippen molar-refractivity contribution in [1.82, 2.24) is 4.90 Å². The van der Waals surface area contributed by atoms with E-state index in [1.165, 1.54) is 0 Å². The highest BCUT2D eigenvalue weighted by molar-refractivity contribution is 6.32. The van der Waals surface area contributed by atoms with Crippen molar-refractivity contribution < 1.29 is 14.3 Å². The van der Waals surface area contributed by atoms with Gasteiger partial charge < -0.3 is 19.9 Å². The van der Waals surface area contributed by atoms with Crippen LogP contribution in [0.3, 0.4) is 0 Å². The maximum Gasteiger partial charge on any atom is 0.242 e. The van der Waals surface area contributed by atoms with E-state index in [-0.39, 0.29) is 11.8 Å². The Hall–Kier alpha value is -2.73. The van der Waals surface area contributed by atoms with Crippen molar-refractivity contribution in [2.75, 3.05) is 43.5 Å². The topological polar surface area (TPSA) is 61.9 Å². The standard InChI is InChI=1S/C22H26ClN3O3/c1-16(23)22(28)24-18-5-7-19(8-6-18)25-11-13-26(14-12-25)21(27)15-17-3-9-20(29-2)10-4-17/h3-10,16H,11-15H2,1-2H3,(H,24,28)/t16-/m0/s1. The normalized spacial score (nSPS) is 15.0. The number of nitrogens with zero attached hydrogens (tertiary/aromatic N) is 2. The van der Waals surface area contributed by atoms with Gasteiger partial charge in [0.25, 0.3) is 0 Å². The Morgan fingerprint density at radius 3 is 2.21 bits per heavy atom. The number of carbonyl (C=O) groups is 2. The summed E-state index contributed by atoms with van der Waals surface area (Å²) in [5.74, 6) is 0.712. The van der Waals surface area contributed by atoms with Gasteiger partial charge in [0.1, 0.15) is 11.1 Å². The Morgan fingerprint density at radius 1 is 1.03 bits per heavy atom. The lowest BCUT2D eigenvalue weighted by Gasteiger charge is -2.36. The fourth-order valence-electron chi connectivity index (χ4n) is 3.24. The highest BCUT2D eigenvalue weighted by Crippen LogP contribution is 2.20. The highest BCUT2D eigenvalue weighted by atomic mass is 35.5. The monoisotopic (exact) mass is 415 g/mol. The van der Waals surface area contributed by atoms with Gasteiger partial charge in [-0.25, -0.2) is 0 Å². The molecule has 1 heterocycles. The van der Waals surface area contributed by atoms with E-state index < -0.39 is 5.38 Å². The molecule has 0 radical (unpaired) electrons. The molecule has 1 aliphatic rings. The lowest BCUT2D eigenvalue weighted by molar-refractivity contribution is -0.130. The molecule has 0 unspecified atom stereocenters. The summed E-state index contributed by atoms with van der Waals surface area (Å²) in [4.78, 5) is 28.4. The van der Waals surface area contributed by atoms with Crippen LogP contribution in [0.4, 0.5) is 11.4 Å². The van der Waals surface area contributed by atoms with E-state index in [0.717, 1.165) is 35.8 Å². The van der Waals surface area contributed by atoms with Crippen molar-refractivity contribution >= 4 is 34.8 Å². The molecule has 1 N–H and O–H groups in total. The number of methoxy groups -OCH3 is 1. The van der Waals surface area contributed by atoms with Gasteiger partial charge in [0.15, 0.2) is 0 Å². The predicted octanol–water partition coefficient (Wildman–Crippen LogP) is 3.15. The molecule has 2 aromatic rings. The number of amides is 2. The number of anilines is 2. The maximum absolute atomic E-state index is 12.6. The van der Waals surface area contributed by atoms with Crippen LogP contribution >= 0.6 is 11.6 Å². The third-order valence-corrected chi connectivity index (χ3v) is 5.21. The highest BCUT2D eigenvalue weighted by Gasteiger charge is 2.21. The zero-order valence-corrected chi connectivity index (χ0v) is 17.5. The van der Waals surface area contributed by atoms with Crippen molar-refractivity contribution in [3.63, 3.8) is 0 Å². The molecule has 3 rings (SSSR count). The van der Waals surface area contributed by atoms with E-state index >= 15 is 0 Å². The molecule has 7 heteroatoms. The number of rotatable bonds is 6. The first kappa shape index (κ1) is 21.0. The van der Waals surface area contributed by atoms with Gasteiger partial charge in [-0.3, -0.25) is 9.59 Å². The zero-order valence-electron chi connectivity index (χ0n) is 16.7. The molecule has 0 spiro atoms. The van der Waals surface area contributed by atoms with Crippen LogP contribution in [0.25, 0.3) is 0 Å². The minimum atomic E-state index is -0.571. The van der Waals surface area contributed by atoms with E-state index in [1.807, 2.05) is 53.4 Å². The van der Waals surface area contributed by atoms with E-state index in [2.05, 4.69) is 10.2 Å². The van der Waals surface area contributed by atoms with Gasteiger partial charge >= 0.3 is 0 Å². The first-order valence-electron chi connectivity index (χ1n) is 9.67. The molecule has 29 heavy (non-hydrogen) atoms. The van der Waals surface area contributed by atoms with Crippen LogP contribution in [0.15, 0.2) is 48.5 Å². The Bertz CT molecular complexity index is 829. The number of ether oxygens (including phenoxy) is 1. The number of piperazine rings is 1. The Morgan fingerprint density at radius 2 is 1.66 bits per heavy atom. The lowest BCUT2D eigenvalue weighted by Crippen LogP contribution is -2.49. The first-order chi connectivity index (χ1) is 14.0. The molecule has 2 aromatic carbocycles. The maximum atomic E-state index is 12.6. The van der Waals surface area contributed by atoms with Gasteiger partial charge in [0.05, 0.1) is 13.5 Å². The Kier molecular flexibility index (Phi) is 6.99. The van der Waals surface area contributed by atoms with Gasteiger partial charge in [-0.05, 0) is 48.9 Å². The molecule has 2 amide bonds. The number of carbonyl (C=O) groups excluding carboxylic acids is 2. The fourth-order valence-corrected chi connectivity index (χ4v) is 3.30. The van der Waals surface area contributed by atoms with Crippen LogP contribution in [0, 0.1) is 0 Å². The summed E-state index contributed by atoms with van der Waals surface area (Å²) in [5, 5.41) is 2.20. The number of nitrogens with one attached hydrogen (secondary N) is 1. The van der Waals surface area contributed by atoms with Gasteiger partial charge in [0.2, 0.25) is 11.8 Å². The van der Waals surface area contributed by atoms with Crippen LogP contribution in [-0.2, 0) is 16.0 Å². The van der Waals surface area contributed by atoms with Gasteiger partial charge in [0, 0.05) is 37.6 Å². The lowest BCUT2D eigenvalue weighted by atomic mass is 10.1. The second-order valence-electron chi connectivity index (χ2n) is 7.04. The second-order valence-corrected chi connectivity index (χ2v) is 7.70. The third-order valence-electron chi connectivity index (χ3n) is 5.01. The molecule has 154 valence electrons. The van der Waals surface area contributed by atoms with Crippen LogP contribution in [0.5, 0.6) is 5.75 Å². The average Bonchev–Trinajstić information content (AvgIpc) is 2.75. The van der Waals surface area contributed by atoms with Gasteiger partial charge in [-0.15, -0.1) is 11.6 Å². The fraction of sp³-hybridized carbons (Fsp3) is 0.364. The molecule has 1 atom stereocenters. The predicted molar refractivity (Wildman–Crippen MR) is 116 cm³/mol. The number of alkyl halides is 1. The molecule has 1 aliphatic heterocycles. The molecule has 0 aromatic heterocycles. The number of hydrogen-bond donors (Lipinski definition) is 1. The minimum absolute atomic E-state index is 0.142. The van der Waals surface area contributed by atoms with Gasteiger partial charge in [-0.2, -0.15) is 0 Å². The molecule has 0 saturated carbocycles. The van der Waals surface area contributed by atoms with Crippen LogP contribution in [0.2, 0.25) is 0 Å². The summed E-state index contributed by atoms with van der Waals surface area (Å²) < 4.78 is 5.15. The Labute approximate surface area is 176 Å². The van der Waals surface area contributed by atoms with E-state index in [4.69, 9.17) is 16.3 Å². The summed E-state index contributed by atoms with van der Waals surface area (Å²) in [6.45, 7) is 4.58. The smallest absolute Gasteiger partial charge is 0.242 e. The van der Waals surface area contributed by atoms with Crippen LogP contribution < -0.4 is 15.0 Å². The van der Waals surface area contributed by atoms with E-state index in [9.17, 15) is 9.59 Å². The molecule has 1 saturated heterocycles. The molecule has 0 bridgehead atoms. The number of halogens is 1. The van der Waals surface area contributed by atoms with E-state index in [0.29, 0.717) is 19.5 Å². The summed E-state index contributed by atoms with van der Waals surface area (Å²) in [6, 6.07) is 15.3. The van der Waals surface area contributed by atoms with Crippen molar-refractivity contribution in [3.05, 3.63) is 54.1 Å². The first-order valence-corrected chi connectivity index (χ1v) is 10.1. The molecular formula is C22H26ClN3O3. The third kappa shape index (κ3) is 5.64. The second kappa shape index (κ2) is 9.65. The molecule has 6 nitrogen and oxygen atoms in total. The van der Waals surface area contributed by atoms with Gasteiger partial charge in [-0.1, -0.05) is 12.1 Å². The minimum Gasteiger partial charge on any atom is -0.497 e. The summed E-state index contributed by atoms with van der Waals surface area (Å²) >= 11 is 5.78. The Balaban J connectivity index is 1.50.